The van der Waals surface area contributed by atoms with Crippen LogP contribution in [0.1, 0.15) is 38.2 Å². The largest absolute Gasteiger partial charge is 0.480 e. The first kappa shape index (κ1) is 17.0. The lowest BCUT2D eigenvalue weighted by Gasteiger charge is -2.20. The molecular weight excluding hydrogens is 270 g/mol. The SMILES string of the molecule is CCCCCCN(CC(=O)O)C(=O)OCc1ccccc1. The van der Waals surface area contributed by atoms with Crippen LogP contribution in [0.4, 0.5) is 4.79 Å². The van der Waals surface area contributed by atoms with Gasteiger partial charge >= 0.3 is 12.1 Å². The number of unbranched alkanes of at least 4 members (excludes halogenated alkanes) is 3. The van der Waals surface area contributed by atoms with Crippen molar-refractivity contribution < 1.29 is 19.4 Å². The molecule has 0 radical (unpaired) electrons. The second-order valence-corrected chi connectivity index (χ2v) is 4.92. The van der Waals surface area contributed by atoms with Gasteiger partial charge in [-0.15, -0.1) is 0 Å². The highest BCUT2D eigenvalue weighted by molar-refractivity contribution is 5.76. The highest BCUT2D eigenvalue weighted by atomic mass is 16.6. The monoisotopic (exact) mass is 293 g/mol. The Hall–Kier alpha value is -2.04. The van der Waals surface area contributed by atoms with E-state index < -0.39 is 12.1 Å². The predicted octanol–water partition coefficient (Wildman–Crippen LogP) is 3.29. The number of benzene rings is 1. The van der Waals surface area contributed by atoms with Crippen molar-refractivity contribution >= 4 is 12.1 Å². The molecule has 0 bridgehead atoms. The summed E-state index contributed by atoms with van der Waals surface area (Å²) in [4.78, 5) is 24.0. The number of carboxylic acid groups (broad SMARTS) is 1. The van der Waals surface area contributed by atoms with E-state index >= 15 is 0 Å². The minimum Gasteiger partial charge on any atom is -0.480 e. The fourth-order valence-corrected chi connectivity index (χ4v) is 1.94. The lowest BCUT2D eigenvalue weighted by molar-refractivity contribution is -0.138. The third kappa shape index (κ3) is 7.34. The lowest BCUT2D eigenvalue weighted by atomic mass is 10.2. The molecule has 1 aromatic carbocycles. The molecule has 0 fully saturated rings. The fourth-order valence-electron chi connectivity index (χ4n) is 1.94. The fraction of sp³-hybridized carbons (Fsp3) is 0.500. The van der Waals surface area contributed by atoms with Crippen molar-refractivity contribution in [1.29, 1.82) is 0 Å². The van der Waals surface area contributed by atoms with Crippen molar-refractivity contribution in [1.82, 2.24) is 4.90 Å². The van der Waals surface area contributed by atoms with Gasteiger partial charge in [-0.2, -0.15) is 0 Å². The van der Waals surface area contributed by atoms with Gasteiger partial charge in [-0.3, -0.25) is 9.69 Å². The molecule has 0 atom stereocenters. The van der Waals surface area contributed by atoms with E-state index in [1.807, 2.05) is 30.3 Å². The summed E-state index contributed by atoms with van der Waals surface area (Å²) in [6, 6.07) is 9.33. The first-order valence-corrected chi connectivity index (χ1v) is 7.31. The molecule has 1 amide bonds. The molecule has 1 N–H and O–H groups in total. The van der Waals surface area contributed by atoms with Gasteiger partial charge in [0.05, 0.1) is 0 Å². The van der Waals surface area contributed by atoms with Crippen molar-refractivity contribution in [2.24, 2.45) is 0 Å². The van der Waals surface area contributed by atoms with Gasteiger partial charge in [-0.05, 0) is 12.0 Å². The Morgan fingerprint density at radius 2 is 1.86 bits per heavy atom. The number of rotatable bonds is 9. The number of aliphatic carboxylic acids is 1. The number of carbonyl (C=O) groups is 2. The Morgan fingerprint density at radius 1 is 1.14 bits per heavy atom. The summed E-state index contributed by atoms with van der Waals surface area (Å²) in [5, 5.41) is 8.87. The van der Waals surface area contributed by atoms with E-state index in [-0.39, 0.29) is 13.2 Å². The number of hydrogen-bond donors (Lipinski definition) is 1. The molecule has 1 rings (SSSR count). The third-order valence-corrected chi connectivity index (χ3v) is 3.07. The second-order valence-electron chi connectivity index (χ2n) is 4.92. The second kappa shape index (κ2) is 9.80. The Labute approximate surface area is 125 Å². The minimum atomic E-state index is -1.03. The van der Waals surface area contributed by atoms with Gasteiger partial charge in [0, 0.05) is 6.54 Å². The van der Waals surface area contributed by atoms with Crippen LogP contribution in [0.5, 0.6) is 0 Å². The van der Waals surface area contributed by atoms with E-state index in [4.69, 9.17) is 9.84 Å². The van der Waals surface area contributed by atoms with E-state index in [1.165, 1.54) is 4.90 Å². The van der Waals surface area contributed by atoms with Gasteiger partial charge < -0.3 is 9.84 Å². The van der Waals surface area contributed by atoms with Gasteiger partial charge in [-0.25, -0.2) is 4.79 Å². The van der Waals surface area contributed by atoms with Crippen LogP contribution in [0.25, 0.3) is 0 Å². The smallest absolute Gasteiger partial charge is 0.410 e. The first-order chi connectivity index (χ1) is 10.1. The van der Waals surface area contributed by atoms with Crippen LogP contribution in [-0.4, -0.2) is 35.2 Å². The number of amides is 1. The Bertz CT molecular complexity index is 433. The zero-order valence-electron chi connectivity index (χ0n) is 12.5. The van der Waals surface area contributed by atoms with E-state index in [0.29, 0.717) is 6.54 Å². The van der Waals surface area contributed by atoms with Crippen LogP contribution in [0.2, 0.25) is 0 Å². The number of carboxylic acids is 1. The molecule has 5 nitrogen and oxygen atoms in total. The maximum atomic E-state index is 12.0. The molecule has 0 saturated heterocycles. The molecule has 0 saturated carbocycles. The van der Waals surface area contributed by atoms with Gasteiger partial charge in [0.25, 0.3) is 0 Å². The summed E-state index contributed by atoms with van der Waals surface area (Å²) < 4.78 is 5.17. The molecule has 0 heterocycles. The van der Waals surface area contributed by atoms with Crippen LogP contribution in [0, 0.1) is 0 Å². The quantitative estimate of drug-likeness (QED) is 0.709. The number of nitrogens with zero attached hydrogens (tertiary/aromatic N) is 1. The summed E-state index contributed by atoms with van der Waals surface area (Å²) in [5.74, 6) is -1.03. The van der Waals surface area contributed by atoms with Gasteiger partial charge in [0.1, 0.15) is 13.2 Å². The van der Waals surface area contributed by atoms with Crippen LogP contribution >= 0.6 is 0 Å². The summed E-state index contributed by atoms with van der Waals surface area (Å²) in [7, 11) is 0. The third-order valence-electron chi connectivity index (χ3n) is 3.07. The number of hydrogen-bond acceptors (Lipinski definition) is 3. The van der Waals surface area contributed by atoms with E-state index in [9.17, 15) is 9.59 Å². The van der Waals surface area contributed by atoms with Crippen LogP contribution < -0.4 is 0 Å². The maximum absolute atomic E-state index is 12.0. The van der Waals surface area contributed by atoms with E-state index in [1.54, 1.807) is 0 Å². The normalized spacial score (nSPS) is 10.1. The van der Waals surface area contributed by atoms with Gasteiger partial charge in [0.2, 0.25) is 0 Å². The summed E-state index contributed by atoms with van der Waals surface area (Å²) >= 11 is 0. The van der Waals surface area contributed by atoms with Crippen LogP contribution in [-0.2, 0) is 16.1 Å². The van der Waals surface area contributed by atoms with Crippen molar-refractivity contribution in [3.05, 3.63) is 35.9 Å². The molecule has 5 heteroatoms. The average molecular weight is 293 g/mol. The first-order valence-electron chi connectivity index (χ1n) is 7.31. The number of ether oxygens (including phenoxy) is 1. The molecule has 0 unspecified atom stereocenters. The standard InChI is InChI=1S/C16H23NO4/c1-2-3-4-8-11-17(12-15(18)19)16(20)21-13-14-9-6-5-7-10-14/h5-7,9-10H,2-4,8,11-13H2,1H3,(H,18,19). The van der Waals surface area contributed by atoms with Crippen molar-refractivity contribution in [2.75, 3.05) is 13.1 Å². The molecule has 0 aliphatic carbocycles. The molecule has 0 spiro atoms. The van der Waals surface area contributed by atoms with Crippen molar-refractivity contribution in [3.8, 4) is 0 Å². The Morgan fingerprint density at radius 3 is 2.48 bits per heavy atom. The molecule has 0 aliphatic rings. The van der Waals surface area contributed by atoms with Crippen molar-refractivity contribution in [3.63, 3.8) is 0 Å². The zero-order valence-corrected chi connectivity index (χ0v) is 12.5. The highest BCUT2D eigenvalue weighted by Gasteiger charge is 2.17. The molecular formula is C16H23NO4. The minimum absolute atomic E-state index is 0.157. The van der Waals surface area contributed by atoms with Gasteiger partial charge in [-0.1, -0.05) is 56.5 Å². The van der Waals surface area contributed by atoms with Crippen LogP contribution in [0.3, 0.4) is 0 Å². The topological polar surface area (TPSA) is 66.8 Å². The average Bonchev–Trinajstić information content (AvgIpc) is 2.48. The maximum Gasteiger partial charge on any atom is 0.410 e. The molecule has 0 aliphatic heterocycles. The van der Waals surface area contributed by atoms with Crippen LogP contribution in [0.15, 0.2) is 30.3 Å². The summed E-state index contributed by atoms with van der Waals surface area (Å²) in [6.07, 6.45) is 3.38. The summed E-state index contributed by atoms with van der Waals surface area (Å²) in [6.45, 7) is 2.35. The van der Waals surface area contributed by atoms with Gasteiger partial charge in [0.15, 0.2) is 0 Å². The molecule has 116 valence electrons. The number of carbonyl (C=O) groups excluding carboxylic acids is 1. The lowest BCUT2D eigenvalue weighted by Crippen LogP contribution is -2.36. The van der Waals surface area contributed by atoms with Crippen molar-refractivity contribution in [2.45, 2.75) is 39.2 Å². The highest BCUT2D eigenvalue weighted by Crippen LogP contribution is 2.06. The zero-order chi connectivity index (χ0) is 15.5. The molecule has 0 aromatic heterocycles. The van der Waals surface area contributed by atoms with E-state index in [2.05, 4.69) is 6.92 Å². The summed E-state index contributed by atoms with van der Waals surface area (Å²) in [5.41, 5.74) is 0.882. The Kier molecular flexibility index (Phi) is 7.94. The molecule has 1 aromatic rings. The predicted molar refractivity (Wildman–Crippen MR) is 80.0 cm³/mol. The van der Waals surface area contributed by atoms with E-state index in [0.717, 1.165) is 31.2 Å². The molecule has 21 heavy (non-hydrogen) atoms. The Balaban J connectivity index is 2.44.